The Bertz CT molecular complexity index is 1580. The molecular formula is C39H48N4S. The molecule has 2 aliphatic carbocycles. The Morgan fingerprint density at radius 1 is 0.818 bits per heavy atom. The van der Waals surface area contributed by atoms with Crippen molar-refractivity contribution in [3.05, 3.63) is 124 Å². The zero-order chi connectivity index (χ0) is 30.4. The summed E-state index contributed by atoms with van der Waals surface area (Å²) < 4.78 is 0. The number of nitrogens with one attached hydrogen (secondary N) is 1. The molecule has 3 aromatic heterocycles. The first-order valence-corrected chi connectivity index (χ1v) is 17.4. The molecule has 7 rings (SSSR count). The number of aromatic amines is 1. The summed E-state index contributed by atoms with van der Waals surface area (Å²) in [7, 11) is 4.52. The number of H-pyrrole nitrogens is 1. The second-order valence-corrected chi connectivity index (χ2v) is 14.1. The van der Waals surface area contributed by atoms with Gasteiger partial charge in [-0.05, 0) is 112 Å². The third kappa shape index (κ3) is 6.28. The Labute approximate surface area is 267 Å². The highest BCUT2D eigenvalue weighted by atomic mass is 32.1. The van der Waals surface area contributed by atoms with Gasteiger partial charge in [-0.3, -0.25) is 9.88 Å². The van der Waals surface area contributed by atoms with Gasteiger partial charge in [0.05, 0.1) is 0 Å². The maximum atomic E-state index is 5.63. The first kappa shape index (κ1) is 30.8. The van der Waals surface area contributed by atoms with Crippen LogP contribution >= 0.6 is 11.3 Å². The summed E-state index contributed by atoms with van der Waals surface area (Å²) in [5.74, 6) is 0. The van der Waals surface area contributed by atoms with Gasteiger partial charge in [0, 0.05) is 50.9 Å². The Balaban J connectivity index is 0.000000433. The van der Waals surface area contributed by atoms with Gasteiger partial charge in [0.15, 0.2) is 0 Å². The Morgan fingerprint density at radius 2 is 1.52 bits per heavy atom. The summed E-state index contributed by atoms with van der Waals surface area (Å²) >= 11 is 1.92. The second kappa shape index (κ2) is 13.8. The molecule has 5 heteroatoms. The highest BCUT2D eigenvalue weighted by Gasteiger charge is 2.48. The van der Waals surface area contributed by atoms with E-state index in [1.54, 1.807) is 0 Å². The number of para-hydroxylation sites is 1. The minimum Gasteiger partial charge on any atom is -0.357 e. The number of fused-ring (bicyclic) bond motifs is 1. The van der Waals surface area contributed by atoms with Gasteiger partial charge in [0.1, 0.15) is 0 Å². The van der Waals surface area contributed by atoms with Gasteiger partial charge >= 0.3 is 0 Å². The molecular weight excluding hydrogens is 557 g/mol. The van der Waals surface area contributed by atoms with Gasteiger partial charge in [-0.1, -0.05) is 73.9 Å². The molecule has 0 aliphatic heterocycles. The van der Waals surface area contributed by atoms with Crippen molar-refractivity contribution < 1.29 is 0 Å². The number of nitrogens with zero attached hydrogens (tertiary/aromatic N) is 2. The zero-order valence-electron chi connectivity index (χ0n) is 26.5. The molecule has 4 nitrogen and oxygen atoms in total. The number of hydrogen-bond donors (Lipinski definition) is 2. The Morgan fingerprint density at radius 3 is 2.16 bits per heavy atom. The fourth-order valence-corrected chi connectivity index (χ4v) is 8.82. The molecule has 2 fully saturated rings. The molecule has 0 amide bonds. The summed E-state index contributed by atoms with van der Waals surface area (Å²) in [5.41, 5.74) is 12.6. The van der Waals surface area contributed by atoms with E-state index in [4.69, 9.17) is 5.73 Å². The molecule has 0 bridgehead atoms. The van der Waals surface area contributed by atoms with Crippen LogP contribution in [0.2, 0.25) is 0 Å². The Kier molecular flexibility index (Phi) is 9.65. The van der Waals surface area contributed by atoms with Crippen molar-refractivity contribution in [2.45, 2.75) is 87.6 Å². The molecule has 5 aromatic rings. The van der Waals surface area contributed by atoms with Gasteiger partial charge in [-0.2, -0.15) is 0 Å². The minimum absolute atomic E-state index is 0.00491. The molecule has 2 saturated carbocycles. The number of aryl methyl sites for hydroxylation is 2. The van der Waals surface area contributed by atoms with Gasteiger partial charge < -0.3 is 10.7 Å². The number of pyridine rings is 1. The smallest absolute Gasteiger partial charge is 0.0459 e. The van der Waals surface area contributed by atoms with Crippen molar-refractivity contribution in [3.63, 3.8) is 0 Å². The third-order valence-corrected chi connectivity index (χ3v) is 11.5. The number of nitrogens with two attached hydrogens (primary N) is 1. The molecule has 230 valence electrons. The van der Waals surface area contributed by atoms with Crippen LogP contribution in [0.5, 0.6) is 0 Å². The van der Waals surface area contributed by atoms with Crippen LogP contribution in [-0.4, -0.2) is 35.0 Å². The lowest BCUT2D eigenvalue weighted by Crippen LogP contribution is -2.48. The van der Waals surface area contributed by atoms with Crippen molar-refractivity contribution >= 4 is 22.2 Å². The predicted octanol–water partition coefficient (Wildman–Crippen LogP) is 9.00. The first-order chi connectivity index (χ1) is 21.5. The van der Waals surface area contributed by atoms with Crippen LogP contribution in [0.15, 0.2) is 96.6 Å². The van der Waals surface area contributed by atoms with Gasteiger partial charge in [0.25, 0.3) is 0 Å². The maximum Gasteiger partial charge on any atom is 0.0459 e. The van der Waals surface area contributed by atoms with Gasteiger partial charge in [0.2, 0.25) is 0 Å². The predicted molar refractivity (Wildman–Crippen MR) is 186 cm³/mol. The minimum atomic E-state index is -0.00491. The summed E-state index contributed by atoms with van der Waals surface area (Å²) in [6, 6.07) is 29.5. The number of rotatable bonds is 7. The van der Waals surface area contributed by atoms with Crippen molar-refractivity contribution in [1.82, 2.24) is 14.9 Å². The molecule has 3 N–H and O–H groups in total. The van der Waals surface area contributed by atoms with E-state index in [-0.39, 0.29) is 11.0 Å². The van der Waals surface area contributed by atoms with Crippen molar-refractivity contribution in [2.24, 2.45) is 5.73 Å². The Hall–Kier alpha value is -3.25. The summed E-state index contributed by atoms with van der Waals surface area (Å²) in [6.07, 6.45) is 17.0. The third-order valence-electron chi connectivity index (χ3n) is 10.4. The van der Waals surface area contributed by atoms with E-state index in [9.17, 15) is 0 Å². The van der Waals surface area contributed by atoms with Crippen molar-refractivity contribution in [1.29, 1.82) is 0 Å². The van der Waals surface area contributed by atoms with Crippen LogP contribution < -0.4 is 5.73 Å². The van der Waals surface area contributed by atoms with Gasteiger partial charge in [-0.15, -0.1) is 11.3 Å². The lowest BCUT2D eigenvalue weighted by Gasteiger charge is -2.50. The second-order valence-electron chi connectivity index (χ2n) is 13.1. The van der Waals surface area contributed by atoms with Crippen LogP contribution in [0.1, 0.15) is 85.0 Å². The standard InChI is InChI=1S/C33H35N3S.C6H13N/c1-36(2)33(26-9-4-3-5-10-26)20-18-32(19-21-33,30-13-8-24-37-30)31-28(15-14-25-16-22-34-23-17-25)27-11-6-7-12-29(27)35-31;7-6-4-2-1-3-5-6/h3-13,16-17,22-24,35H,14-15,18-21H2,1-2H3;6H,1-5,7H2. The van der Waals surface area contributed by atoms with E-state index in [1.807, 2.05) is 23.7 Å². The highest BCUT2D eigenvalue weighted by molar-refractivity contribution is 7.10. The topological polar surface area (TPSA) is 57.9 Å². The lowest BCUT2D eigenvalue weighted by molar-refractivity contribution is 0.0745. The van der Waals surface area contributed by atoms with Crippen molar-refractivity contribution in [3.8, 4) is 0 Å². The summed E-state index contributed by atoms with van der Waals surface area (Å²) in [5, 5.41) is 3.62. The first-order valence-electron chi connectivity index (χ1n) is 16.5. The van der Waals surface area contributed by atoms with E-state index in [0.29, 0.717) is 6.04 Å². The van der Waals surface area contributed by atoms with Gasteiger partial charge in [-0.25, -0.2) is 0 Å². The molecule has 44 heavy (non-hydrogen) atoms. The number of aromatic nitrogens is 2. The average Bonchev–Trinajstić information content (AvgIpc) is 3.75. The van der Waals surface area contributed by atoms with Crippen molar-refractivity contribution in [2.75, 3.05) is 14.1 Å². The van der Waals surface area contributed by atoms with Crippen LogP contribution in [0.4, 0.5) is 0 Å². The SMILES string of the molecule is CN(C)C1(c2ccccc2)CCC(c2cccs2)(c2[nH]c3ccccc3c2CCc2ccncc2)CC1.NC1CCCCC1. The van der Waals surface area contributed by atoms with Crippen LogP contribution in [-0.2, 0) is 23.8 Å². The quantitative estimate of drug-likeness (QED) is 0.195. The van der Waals surface area contributed by atoms with Crippen LogP contribution in [0.3, 0.4) is 0 Å². The number of hydrogen-bond acceptors (Lipinski definition) is 4. The highest BCUT2D eigenvalue weighted by Crippen LogP contribution is 2.54. The summed E-state index contributed by atoms with van der Waals surface area (Å²) in [6.45, 7) is 0. The monoisotopic (exact) mass is 604 g/mol. The van der Waals surface area contributed by atoms with E-state index >= 15 is 0 Å². The normalized spacial score (nSPS) is 22.5. The molecule has 3 heterocycles. The molecule has 2 aromatic carbocycles. The molecule has 0 unspecified atom stereocenters. The van der Waals surface area contributed by atoms with E-state index < -0.39 is 0 Å². The van der Waals surface area contributed by atoms with E-state index in [0.717, 1.165) is 38.5 Å². The van der Waals surface area contributed by atoms with Crippen LogP contribution in [0, 0.1) is 0 Å². The summed E-state index contributed by atoms with van der Waals surface area (Å²) in [4.78, 5) is 12.2. The molecule has 0 radical (unpaired) electrons. The number of benzene rings is 2. The maximum absolute atomic E-state index is 5.63. The van der Waals surface area contributed by atoms with Crippen LogP contribution in [0.25, 0.3) is 10.9 Å². The largest absolute Gasteiger partial charge is 0.357 e. The fraction of sp³-hybridized carbons (Fsp3) is 0.410. The molecule has 0 atom stereocenters. The molecule has 0 spiro atoms. The van der Waals surface area contributed by atoms with E-state index in [1.165, 1.54) is 70.3 Å². The molecule has 2 aliphatic rings. The van der Waals surface area contributed by atoms with E-state index in [2.05, 4.69) is 113 Å². The fourth-order valence-electron chi connectivity index (χ4n) is 7.82. The zero-order valence-corrected chi connectivity index (χ0v) is 27.3. The average molecular weight is 605 g/mol. The number of thiophene rings is 1. The molecule has 0 saturated heterocycles. The lowest BCUT2D eigenvalue weighted by atomic mass is 9.62.